The van der Waals surface area contributed by atoms with Crippen LogP contribution in [0.4, 0.5) is 4.39 Å². The minimum Gasteiger partial charge on any atom is -0.351 e. The van der Waals surface area contributed by atoms with Crippen LogP contribution in [0.25, 0.3) is 10.9 Å². The number of carbonyl (C=O) groups is 2. The fourth-order valence-corrected chi connectivity index (χ4v) is 2.09. The van der Waals surface area contributed by atoms with Gasteiger partial charge in [0.25, 0.3) is 5.91 Å². The first-order valence-corrected chi connectivity index (χ1v) is 7.06. The maximum absolute atomic E-state index is 13.2. The van der Waals surface area contributed by atoms with E-state index in [-0.39, 0.29) is 37.1 Å². The van der Waals surface area contributed by atoms with Gasteiger partial charge in [-0.2, -0.15) is 0 Å². The number of terminal acetylenes is 1. The molecule has 5 nitrogen and oxygen atoms in total. The molecule has 6 heteroatoms. The minimum atomic E-state index is -0.375. The van der Waals surface area contributed by atoms with E-state index in [1.165, 1.54) is 12.1 Å². The molecule has 23 heavy (non-hydrogen) atoms. The van der Waals surface area contributed by atoms with Crippen molar-refractivity contribution in [1.82, 2.24) is 15.6 Å². The van der Waals surface area contributed by atoms with E-state index >= 15 is 0 Å². The largest absolute Gasteiger partial charge is 0.351 e. The first-order chi connectivity index (χ1) is 11.0. The zero-order valence-corrected chi connectivity index (χ0v) is 12.6. The molecule has 0 bridgehead atoms. The molecule has 0 spiro atoms. The van der Waals surface area contributed by atoms with Crippen LogP contribution in [0.3, 0.4) is 0 Å². The summed E-state index contributed by atoms with van der Waals surface area (Å²) in [5.41, 5.74) is 1.39. The van der Waals surface area contributed by atoms with Gasteiger partial charge in [-0.05, 0) is 25.1 Å². The van der Waals surface area contributed by atoms with E-state index in [1.54, 1.807) is 19.1 Å². The van der Waals surface area contributed by atoms with Crippen molar-refractivity contribution in [2.45, 2.75) is 13.3 Å². The fraction of sp³-hybridized carbons (Fsp3) is 0.235. The molecule has 0 atom stereocenters. The molecule has 2 amide bonds. The third-order valence-electron chi connectivity index (χ3n) is 3.24. The van der Waals surface area contributed by atoms with Crippen LogP contribution in [-0.2, 0) is 4.79 Å². The first-order valence-electron chi connectivity index (χ1n) is 7.06. The van der Waals surface area contributed by atoms with Crippen molar-refractivity contribution >= 4 is 22.7 Å². The van der Waals surface area contributed by atoms with Gasteiger partial charge in [-0.15, -0.1) is 6.42 Å². The van der Waals surface area contributed by atoms with Gasteiger partial charge in [-0.1, -0.05) is 5.92 Å². The summed E-state index contributed by atoms with van der Waals surface area (Å²) in [5, 5.41) is 5.85. The van der Waals surface area contributed by atoms with Gasteiger partial charge in [0.15, 0.2) is 0 Å². The lowest BCUT2D eigenvalue weighted by molar-refractivity contribution is -0.120. The van der Waals surface area contributed by atoms with E-state index in [1.807, 2.05) is 0 Å². The number of nitrogens with one attached hydrogen (secondary N) is 2. The smallest absolute Gasteiger partial charge is 0.253 e. The number of hydrogen-bond donors (Lipinski definition) is 2. The van der Waals surface area contributed by atoms with Gasteiger partial charge in [-0.3, -0.25) is 14.6 Å². The second-order valence-corrected chi connectivity index (χ2v) is 4.95. The molecule has 0 aliphatic carbocycles. The second kappa shape index (κ2) is 7.36. The standard InChI is InChI=1S/C17H16FN3O2/c1-3-7-19-16(22)6-8-20-17(23)14-9-12-4-5-13(18)10-15(12)21-11(14)2/h1,4-5,9-10H,6-8H2,2H3,(H,19,22)(H,20,23). The average molecular weight is 313 g/mol. The molecular weight excluding hydrogens is 297 g/mol. The Balaban J connectivity index is 2.03. The van der Waals surface area contributed by atoms with Gasteiger partial charge < -0.3 is 10.6 Å². The molecule has 2 N–H and O–H groups in total. The Kier molecular flexibility index (Phi) is 5.26. The highest BCUT2D eigenvalue weighted by molar-refractivity contribution is 5.98. The number of nitrogens with zero attached hydrogens (tertiary/aromatic N) is 1. The Morgan fingerprint density at radius 3 is 2.83 bits per heavy atom. The lowest BCUT2D eigenvalue weighted by atomic mass is 10.1. The first kappa shape index (κ1) is 16.4. The zero-order valence-electron chi connectivity index (χ0n) is 12.6. The third kappa shape index (κ3) is 4.27. The molecule has 0 fully saturated rings. The molecule has 1 aromatic carbocycles. The summed E-state index contributed by atoms with van der Waals surface area (Å²) >= 11 is 0. The summed E-state index contributed by atoms with van der Waals surface area (Å²) in [6, 6.07) is 5.86. The van der Waals surface area contributed by atoms with Crippen molar-refractivity contribution in [3.05, 3.63) is 41.3 Å². The number of aromatic nitrogens is 1. The van der Waals surface area contributed by atoms with Gasteiger partial charge in [-0.25, -0.2) is 4.39 Å². The van der Waals surface area contributed by atoms with Gasteiger partial charge >= 0.3 is 0 Å². The molecule has 2 aromatic rings. The van der Waals surface area contributed by atoms with Gasteiger partial charge in [0.1, 0.15) is 5.82 Å². The number of pyridine rings is 1. The number of halogens is 1. The molecule has 0 aliphatic rings. The van der Waals surface area contributed by atoms with Crippen molar-refractivity contribution < 1.29 is 14.0 Å². The summed E-state index contributed by atoms with van der Waals surface area (Å²) in [5.74, 6) is 1.37. The lowest BCUT2D eigenvalue weighted by Crippen LogP contribution is -2.31. The van der Waals surface area contributed by atoms with E-state index < -0.39 is 0 Å². The van der Waals surface area contributed by atoms with E-state index in [2.05, 4.69) is 21.5 Å². The zero-order chi connectivity index (χ0) is 16.8. The fourth-order valence-electron chi connectivity index (χ4n) is 2.09. The van der Waals surface area contributed by atoms with Crippen LogP contribution in [0.5, 0.6) is 0 Å². The number of amides is 2. The van der Waals surface area contributed by atoms with E-state index in [9.17, 15) is 14.0 Å². The van der Waals surface area contributed by atoms with Crippen LogP contribution in [0.15, 0.2) is 24.3 Å². The number of hydrogen-bond acceptors (Lipinski definition) is 3. The van der Waals surface area contributed by atoms with Crippen LogP contribution in [0, 0.1) is 25.1 Å². The maximum Gasteiger partial charge on any atom is 0.253 e. The van der Waals surface area contributed by atoms with Gasteiger partial charge in [0, 0.05) is 24.4 Å². The number of aryl methyl sites for hydroxylation is 1. The van der Waals surface area contributed by atoms with Crippen molar-refractivity contribution in [2.24, 2.45) is 0 Å². The minimum absolute atomic E-state index is 0.138. The number of benzene rings is 1. The topological polar surface area (TPSA) is 71.1 Å². The van der Waals surface area contributed by atoms with E-state index in [0.717, 1.165) is 0 Å². The Morgan fingerprint density at radius 2 is 2.09 bits per heavy atom. The highest BCUT2D eigenvalue weighted by Gasteiger charge is 2.12. The maximum atomic E-state index is 13.2. The van der Waals surface area contributed by atoms with Crippen LogP contribution in [0.2, 0.25) is 0 Å². The predicted molar refractivity (Wildman–Crippen MR) is 85.2 cm³/mol. The van der Waals surface area contributed by atoms with Crippen molar-refractivity contribution in [3.8, 4) is 12.3 Å². The van der Waals surface area contributed by atoms with Gasteiger partial charge in [0.2, 0.25) is 5.91 Å². The van der Waals surface area contributed by atoms with E-state index in [0.29, 0.717) is 22.2 Å². The highest BCUT2D eigenvalue weighted by atomic mass is 19.1. The summed E-state index contributed by atoms with van der Waals surface area (Å²) in [7, 11) is 0. The third-order valence-corrected chi connectivity index (χ3v) is 3.24. The lowest BCUT2D eigenvalue weighted by Gasteiger charge is -2.09. The molecule has 0 aliphatic heterocycles. The molecular formula is C17H16FN3O2. The van der Waals surface area contributed by atoms with Crippen molar-refractivity contribution in [2.75, 3.05) is 13.1 Å². The number of rotatable bonds is 5. The summed E-state index contributed by atoms with van der Waals surface area (Å²) in [6.07, 6.45) is 5.17. The summed E-state index contributed by atoms with van der Waals surface area (Å²) in [6.45, 7) is 2.03. The molecule has 1 aromatic heterocycles. The SMILES string of the molecule is C#CCNC(=O)CCNC(=O)c1cc2ccc(F)cc2nc1C. The molecule has 1 heterocycles. The number of carbonyl (C=O) groups excluding carboxylic acids is 2. The summed E-state index contributed by atoms with van der Waals surface area (Å²) < 4.78 is 13.2. The Morgan fingerprint density at radius 1 is 1.30 bits per heavy atom. The van der Waals surface area contributed by atoms with Crippen LogP contribution in [0.1, 0.15) is 22.5 Å². The Bertz CT molecular complexity index is 796. The van der Waals surface area contributed by atoms with Crippen LogP contribution in [-0.4, -0.2) is 29.9 Å². The normalized spacial score (nSPS) is 10.1. The molecule has 0 saturated heterocycles. The molecule has 0 unspecified atom stereocenters. The molecule has 2 rings (SSSR count). The Labute approximate surface area is 133 Å². The second-order valence-electron chi connectivity index (χ2n) is 4.95. The molecule has 0 radical (unpaired) electrons. The van der Waals surface area contributed by atoms with E-state index in [4.69, 9.17) is 6.42 Å². The predicted octanol–water partition coefficient (Wildman–Crippen LogP) is 1.55. The highest BCUT2D eigenvalue weighted by Crippen LogP contribution is 2.17. The average Bonchev–Trinajstić information content (AvgIpc) is 2.52. The monoisotopic (exact) mass is 313 g/mol. The van der Waals surface area contributed by atoms with Crippen molar-refractivity contribution in [3.63, 3.8) is 0 Å². The van der Waals surface area contributed by atoms with Crippen molar-refractivity contribution in [1.29, 1.82) is 0 Å². The number of fused-ring (bicyclic) bond motifs is 1. The van der Waals surface area contributed by atoms with Crippen LogP contribution < -0.4 is 10.6 Å². The molecule has 118 valence electrons. The quantitative estimate of drug-likeness (QED) is 0.823. The van der Waals surface area contributed by atoms with Gasteiger partial charge in [0.05, 0.1) is 23.3 Å². The summed E-state index contributed by atoms with van der Waals surface area (Å²) in [4.78, 5) is 27.8. The van der Waals surface area contributed by atoms with Crippen LogP contribution >= 0.6 is 0 Å². The Hall–Kier alpha value is -2.94. The molecule has 0 saturated carbocycles.